The molecule has 0 saturated carbocycles. The molecular formula is C22H20N6O3. The minimum Gasteiger partial charge on any atom is -0.497 e. The summed E-state index contributed by atoms with van der Waals surface area (Å²) in [4.78, 5) is 24.2. The number of nitrogens with zero attached hydrogens (tertiary/aromatic N) is 5. The number of aromatic nitrogens is 5. The van der Waals surface area contributed by atoms with Crippen LogP contribution in [0.25, 0.3) is 22.5 Å². The zero-order valence-corrected chi connectivity index (χ0v) is 17.0. The fourth-order valence-corrected chi connectivity index (χ4v) is 3.12. The van der Waals surface area contributed by atoms with Gasteiger partial charge in [-0.3, -0.25) is 14.5 Å². The van der Waals surface area contributed by atoms with Crippen molar-refractivity contribution in [2.45, 2.75) is 13.5 Å². The number of rotatable bonds is 7. The van der Waals surface area contributed by atoms with Crippen LogP contribution >= 0.6 is 0 Å². The minimum absolute atomic E-state index is 0.0555. The standard InChI is InChI=1S/C22H20N6O3/c1-14-8-15(10-17(9-14)30-2)21-18(12-28(27-21)13-20(23)29)19-5-7-25-22(26-19)31-16-4-3-6-24-11-16/h3-12H,13H2,1-2H3,(H2,23,29). The number of nitrogens with two attached hydrogens (primary N) is 1. The summed E-state index contributed by atoms with van der Waals surface area (Å²) in [5.74, 6) is 0.729. The molecule has 31 heavy (non-hydrogen) atoms. The molecule has 0 aliphatic carbocycles. The highest BCUT2D eigenvalue weighted by Gasteiger charge is 2.17. The van der Waals surface area contributed by atoms with Crippen LogP contribution in [0.5, 0.6) is 17.5 Å². The maximum Gasteiger partial charge on any atom is 0.322 e. The highest BCUT2D eigenvalue weighted by atomic mass is 16.5. The quantitative estimate of drug-likeness (QED) is 0.492. The lowest BCUT2D eigenvalue weighted by molar-refractivity contribution is -0.118. The van der Waals surface area contributed by atoms with Gasteiger partial charge in [0.25, 0.3) is 0 Å². The predicted molar refractivity (Wildman–Crippen MR) is 113 cm³/mol. The second-order valence-electron chi connectivity index (χ2n) is 6.81. The molecule has 156 valence electrons. The van der Waals surface area contributed by atoms with Crippen molar-refractivity contribution >= 4 is 5.91 Å². The van der Waals surface area contributed by atoms with Crippen molar-refractivity contribution in [1.82, 2.24) is 24.7 Å². The number of hydrogen-bond donors (Lipinski definition) is 1. The van der Waals surface area contributed by atoms with Crippen molar-refractivity contribution in [3.05, 3.63) is 66.7 Å². The Morgan fingerprint density at radius 2 is 2.03 bits per heavy atom. The third-order valence-corrected chi connectivity index (χ3v) is 4.39. The molecule has 1 amide bonds. The van der Waals surface area contributed by atoms with E-state index >= 15 is 0 Å². The third-order valence-electron chi connectivity index (χ3n) is 4.39. The topological polar surface area (TPSA) is 118 Å². The molecule has 9 heteroatoms. The molecule has 0 aliphatic heterocycles. The largest absolute Gasteiger partial charge is 0.497 e. The molecule has 0 saturated heterocycles. The Labute approximate surface area is 178 Å². The van der Waals surface area contributed by atoms with Gasteiger partial charge in [-0.25, -0.2) is 4.98 Å². The van der Waals surface area contributed by atoms with Gasteiger partial charge in [0.05, 0.1) is 19.0 Å². The van der Waals surface area contributed by atoms with Crippen molar-refractivity contribution in [2.75, 3.05) is 7.11 Å². The number of methoxy groups -OCH3 is 1. The monoisotopic (exact) mass is 416 g/mol. The zero-order valence-electron chi connectivity index (χ0n) is 17.0. The number of carbonyl (C=O) groups is 1. The van der Waals surface area contributed by atoms with E-state index in [0.717, 1.165) is 11.1 Å². The molecule has 0 bridgehead atoms. The summed E-state index contributed by atoms with van der Waals surface area (Å²) in [5, 5.41) is 4.58. The molecular weight excluding hydrogens is 396 g/mol. The Bertz CT molecular complexity index is 1220. The van der Waals surface area contributed by atoms with Crippen LogP contribution in [-0.4, -0.2) is 37.7 Å². The number of ether oxygens (including phenoxy) is 2. The summed E-state index contributed by atoms with van der Waals surface area (Å²) < 4.78 is 12.6. The van der Waals surface area contributed by atoms with Gasteiger partial charge in [-0.2, -0.15) is 10.1 Å². The molecule has 0 atom stereocenters. The van der Waals surface area contributed by atoms with E-state index in [1.165, 1.54) is 4.68 Å². The lowest BCUT2D eigenvalue weighted by Gasteiger charge is -2.08. The molecule has 0 radical (unpaired) electrons. The van der Waals surface area contributed by atoms with Crippen molar-refractivity contribution < 1.29 is 14.3 Å². The second-order valence-corrected chi connectivity index (χ2v) is 6.81. The van der Waals surface area contributed by atoms with E-state index in [0.29, 0.717) is 28.5 Å². The Balaban J connectivity index is 1.79. The van der Waals surface area contributed by atoms with Crippen molar-refractivity contribution in [3.63, 3.8) is 0 Å². The summed E-state index contributed by atoms with van der Waals surface area (Å²) >= 11 is 0. The van der Waals surface area contributed by atoms with Crippen molar-refractivity contribution in [2.24, 2.45) is 5.73 Å². The summed E-state index contributed by atoms with van der Waals surface area (Å²) in [6, 6.07) is 11.2. The number of pyridine rings is 1. The fraction of sp³-hybridized carbons (Fsp3) is 0.136. The molecule has 0 unspecified atom stereocenters. The Hall–Kier alpha value is -4.27. The van der Waals surface area contributed by atoms with Gasteiger partial charge in [-0.05, 0) is 48.9 Å². The molecule has 3 aromatic heterocycles. The van der Waals surface area contributed by atoms with Crippen LogP contribution in [0.4, 0.5) is 0 Å². The van der Waals surface area contributed by atoms with Crippen LogP contribution in [0.3, 0.4) is 0 Å². The Morgan fingerprint density at radius 1 is 1.16 bits per heavy atom. The average Bonchev–Trinajstić information content (AvgIpc) is 3.17. The van der Waals surface area contributed by atoms with Gasteiger partial charge in [0, 0.05) is 29.7 Å². The van der Waals surface area contributed by atoms with Crippen molar-refractivity contribution in [3.8, 4) is 40.0 Å². The van der Waals surface area contributed by atoms with Crippen LogP contribution in [0.1, 0.15) is 5.56 Å². The molecule has 2 N–H and O–H groups in total. The molecule has 4 rings (SSSR count). The van der Waals surface area contributed by atoms with Crippen LogP contribution in [-0.2, 0) is 11.3 Å². The van der Waals surface area contributed by atoms with Gasteiger partial charge < -0.3 is 15.2 Å². The van der Waals surface area contributed by atoms with Gasteiger partial charge in [0.15, 0.2) is 0 Å². The highest BCUT2D eigenvalue weighted by Crippen LogP contribution is 2.33. The number of aryl methyl sites for hydroxylation is 1. The van der Waals surface area contributed by atoms with Gasteiger partial charge >= 0.3 is 6.01 Å². The first-order chi connectivity index (χ1) is 15.0. The van der Waals surface area contributed by atoms with Crippen LogP contribution in [0.15, 0.2) is 61.2 Å². The number of hydrogen-bond acceptors (Lipinski definition) is 7. The summed E-state index contributed by atoms with van der Waals surface area (Å²) in [7, 11) is 1.61. The van der Waals surface area contributed by atoms with Gasteiger partial charge in [-0.1, -0.05) is 0 Å². The van der Waals surface area contributed by atoms with E-state index in [2.05, 4.69) is 20.1 Å². The maximum absolute atomic E-state index is 11.5. The average molecular weight is 416 g/mol. The summed E-state index contributed by atoms with van der Waals surface area (Å²) in [6.45, 7) is 1.91. The molecule has 4 aromatic rings. The minimum atomic E-state index is -0.495. The first-order valence-corrected chi connectivity index (χ1v) is 9.45. The smallest absolute Gasteiger partial charge is 0.322 e. The second kappa shape index (κ2) is 8.62. The van der Waals surface area contributed by atoms with Gasteiger partial charge in [0.1, 0.15) is 23.7 Å². The number of amides is 1. The molecule has 1 aromatic carbocycles. The molecule has 3 heterocycles. The van der Waals surface area contributed by atoms with Crippen LogP contribution in [0, 0.1) is 6.92 Å². The molecule has 0 aliphatic rings. The third kappa shape index (κ3) is 4.67. The maximum atomic E-state index is 11.5. The first-order valence-electron chi connectivity index (χ1n) is 9.45. The molecule has 0 spiro atoms. The normalized spacial score (nSPS) is 10.6. The molecule has 0 fully saturated rings. The number of primary amides is 1. The number of carbonyl (C=O) groups excluding carboxylic acids is 1. The van der Waals surface area contributed by atoms with Crippen molar-refractivity contribution in [1.29, 1.82) is 0 Å². The van der Waals surface area contributed by atoms with E-state index in [-0.39, 0.29) is 12.6 Å². The van der Waals surface area contributed by atoms with Gasteiger partial charge in [-0.15, -0.1) is 0 Å². The van der Waals surface area contributed by atoms with E-state index in [1.807, 2.05) is 25.1 Å². The Kier molecular flexibility index (Phi) is 5.57. The van der Waals surface area contributed by atoms with Gasteiger partial charge in [0.2, 0.25) is 5.91 Å². The van der Waals surface area contributed by atoms with E-state index < -0.39 is 5.91 Å². The molecule has 9 nitrogen and oxygen atoms in total. The highest BCUT2D eigenvalue weighted by molar-refractivity contribution is 5.80. The fourth-order valence-electron chi connectivity index (χ4n) is 3.12. The Morgan fingerprint density at radius 3 is 2.77 bits per heavy atom. The van der Waals surface area contributed by atoms with E-state index in [9.17, 15) is 4.79 Å². The zero-order chi connectivity index (χ0) is 21.8. The SMILES string of the molecule is COc1cc(C)cc(-c2nn(CC(N)=O)cc2-c2ccnc(Oc3cccnc3)n2)c1. The lowest BCUT2D eigenvalue weighted by atomic mass is 10.0. The van der Waals surface area contributed by atoms with E-state index in [1.54, 1.807) is 50.1 Å². The summed E-state index contributed by atoms with van der Waals surface area (Å²) in [6.07, 6.45) is 6.55. The number of benzene rings is 1. The lowest BCUT2D eigenvalue weighted by Crippen LogP contribution is -2.18. The van der Waals surface area contributed by atoms with Crippen LogP contribution in [0.2, 0.25) is 0 Å². The first kappa shape index (κ1) is 20.0. The van der Waals surface area contributed by atoms with E-state index in [4.69, 9.17) is 15.2 Å². The summed E-state index contributed by atoms with van der Waals surface area (Å²) in [5.41, 5.74) is 9.12. The predicted octanol–water partition coefficient (Wildman–Crippen LogP) is 3.00. The van der Waals surface area contributed by atoms with Crippen LogP contribution < -0.4 is 15.2 Å².